The average molecular weight is 454 g/mol. The second-order valence-corrected chi connectivity index (χ2v) is 9.03. The van der Waals surface area contributed by atoms with E-state index in [9.17, 15) is 5.26 Å². The van der Waals surface area contributed by atoms with E-state index in [4.69, 9.17) is 0 Å². The van der Waals surface area contributed by atoms with Crippen LogP contribution in [0.5, 0.6) is 0 Å². The molecule has 0 N–H and O–H groups in total. The van der Waals surface area contributed by atoms with E-state index >= 15 is 0 Å². The molecule has 5 aromatic rings. The summed E-state index contributed by atoms with van der Waals surface area (Å²) >= 11 is 1.80. The highest BCUT2D eigenvalue weighted by Crippen LogP contribution is 2.53. The SMILES string of the molecule is N#Cc1ncccc1-c1ccccc1-c1ccccc1N1c2ccccc2Sc2ccccc21. The molecule has 3 nitrogen and oxygen atoms in total. The lowest BCUT2D eigenvalue weighted by Crippen LogP contribution is -2.15. The van der Waals surface area contributed by atoms with Gasteiger partial charge in [-0.2, -0.15) is 5.26 Å². The van der Waals surface area contributed by atoms with Crippen LogP contribution in [0.15, 0.2) is 125 Å². The Morgan fingerprint density at radius 2 is 1.06 bits per heavy atom. The van der Waals surface area contributed by atoms with Gasteiger partial charge >= 0.3 is 0 Å². The normalized spacial score (nSPS) is 11.9. The number of rotatable bonds is 3. The molecule has 0 saturated heterocycles. The first-order valence-corrected chi connectivity index (χ1v) is 11.9. The van der Waals surface area contributed by atoms with Crippen LogP contribution in [-0.4, -0.2) is 4.98 Å². The van der Waals surface area contributed by atoms with Crippen molar-refractivity contribution in [3.05, 3.63) is 121 Å². The number of benzene rings is 4. The van der Waals surface area contributed by atoms with Crippen LogP contribution < -0.4 is 4.90 Å². The Morgan fingerprint density at radius 1 is 0.559 bits per heavy atom. The lowest BCUT2D eigenvalue weighted by atomic mass is 9.92. The Morgan fingerprint density at radius 3 is 1.71 bits per heavy atom. The zero-order valence-electron chi connectivity index (χ0n) is 18.2. The summed E-state index contributed by atoms with van der Waals surface area (Å²) in [4.78, 5) is 9.11. The maximum absolute atomic E-state index is 9.70. The van der Waals surface area contributed by atoms with Crippen molar-refractivity contribution >= 4 is 28.8 Å². The van der Waals surface area contributed by atoms with Crippen molar-refractivity contribution in [2.75, 3.05) is 4.90 Å². The molecule has 1 aliphatic heterocycles. The first-order chi connectivity index (χ1) is 16.8. The van der Waals surface area contributed by atoms with Crippen LogP contribution in [0.4, 0.5) is 17.1 Å². The molecule has 0 saturated carbocycles. The zero-order valence-corrected chi connectivity index (χ0v) is 19.0. The molecule has 6 rings (SSSR count). The molecule has 34 heavy (non-hydrogen) atoms. The summed E-state index contributed by atoms with van der Waals surface area (Å²) in [7, 11) is 0. The summed E-state index contributed by atoms with van der Waals surface area (Å²) in [6, 6.07) is 39.9. The second kappa shape index (κ2) is 8.55. The summed E-state index contributed by atoms with van der Waals surface area (Å²) in [6.07, 6.45) is 1.66. The van der Waals surface area contributed by atoms with Crippen LogP contribution in [0.25, 0.3) is 22.3 Å². The molecule has 0 amide bonds. The molecule has 4 aromatic carbocycles. The molecular weight excluding hydrogens is 434 g/mol. The fourth-order valence-electron chi connectivity index (χ4n) is 4.53. The molecule has 160 valence electrons. The highest BCUT2D eigenvalue weighted by Gasteiger charge is 2.26. The molecule has 4 heteroatoms. The van der Waals surface area contributed by atoms with Crippen molar-refractivity contribution in [1.29, 1.82) is 5.26 Å². The van der Waals surface area contributed by atoms with E-state index in [1.54, 1.807) is 18.0 Å². The van der Waals surface area contributed by atoms with Gasteiger partial charge in [0.05, 0.1) is 17.1 Å². The number of nitriles is 1. The molecule has 0 unspecified atom stereocenters. The lowest BCUT2D eigenvalue weighted by Gasteiger charge is -2.34. The van der Waals surface area contributed by atoms with Crippen LogP contribution in [0.3, 0.4) is 0 Å². The van der Waals surface area contributed by atoms with Crippen molar-refractivity contribution in [1.82, 2.24) is 4.98 Å². The summed E-state index contributed by atoms with van der Waals surface area (Å²) in [5, 5.41) is 9.70. The van der Waals surface area contributed by atoms with Gasteiger partial charge in [-0.3, -0.25) is 0 Å². The van der Waals surface area contributed by atoms with E-state index in [0.717, 1.165) is 39.3 Å². The van der Waals surface area contributed by atoms with Crippen molar-refractivity contribution in [2.24, 2.45) is 0 Å². The minimum absolute atomic E-state index is 0.428. The smallest absolute Gasteiger partial charge is 0.148 e. The number of hydrogen-bond donors (Lipinski definition) is 0. The highest BCUT2D eigenvalue weighted by atomic mass is 32.2. The molecule has 1 aromatic heterocycles. The number of hydrogen-bond acceptors (Lipinski definition) is 4. The maximum Gasteiger partial charge on any atom is 0.148 e. The monoisotopic (exact) mass is 453 g/mol. The third-order valence-corrected chi connectivity index (χ3v) is 7.13. The van der Waals surface area contributed by atoms with Crippen molar-refractivity contribution in [3.63, 3.8) is 0 Å². The fraction of sp³-hybridized carbons (Fsp3) is 0. The molecule has 0 atom stereocenters. The molecule has 2 heterocycles. The Labute approximate surface area is 203 Å². The number of anilines is 3. The van der Waals surface area contributed by atoms with Crippen LogP contribution >= 0.6 is 11.8 Å². The minimum atomic E-state index is 0.428. The second-order valence-electron chi connectivity index (χ2n) is 7.95. The quantitative estimate of drug-likeness (QED) is 0.271. The van der Waals surface area contributed by atoms with E-state index in [0.29, 0.717) is 5.69 Å². The van der Waals surface area contributed by atoms with Gasteiger partial charge < -0.3 is 4.90 Å². The van der Waals surface area contributed by atoms with E-state index in [1.165, 1.54) is 9.79 Å². The van der Waals surface area contributed by atoms with E-state index in [2.05, 4.69) is 101 Å². The molecule has 0 fully saturated rings. The van der Waals surface area contributed by atoms with E-state index < -0.39 is 0 Å². The summed E-state index contributed by atoms with van der Waals surface area (Å²) in [6.45, 7) is 0. The van der Waals surface area contributed by atoms with Gasteiger partial charge in [0, 0.05) is 27.1 Å². The molecule has 0 spiro atoms. The maximum atomic E-state index is 9.70. The van der Waals surface area contributed by atoms with Crippen LogP contribution in [0.2, 0.25) is 0 Å². The standard InChI is InChI=1S/C30H19N3S/c31-20-25-23(13-9-19-32-25)21-10-1-2-11-22(21)24-12-3-4-14-26(24)33-27-15-5-7-17-29(27)34-30-18-8-6-16-28(30)33/h1-19H. The lowest BCUT2D eigenvalue weighted by molar-refractivity contribution is 1.17. The molecule has 0 radical (unpaired) electrons. The van der Waals surface area contributed by atoms with E-state index in [-0.39, 0.29) is 0 Å². The largest absolute Gasteiger partial charge is 0.308 e. The summed E-state index contributed by atoms with van der Waals surface area (Å²) in [5.41, 5.74) is 7.84. The third kappa shape index (κ3) is 3.35. The number of nitrogens with zero attached hydrogens (tertiary/aromatic N) is 3. The first kappa shape index (κ1) is 20.3. The van der Waals surface area contributed by atoms with Gasteiger partial charge in [-0.1, -0.05) is 78.5 Å². The topological polar surface area (TPSA) is 39.9 Å². The third-order valence-electron chi connectivity index (χ3n) is 6.00. The van der Waals surface area contributed by atoms with E-state index in [1.807, 2.05) is 24.3 Å². The Hall–Kier alpha value is -4.33. The number of pyridine rings is 1. The van der Waals surface area contributed by atoms with Crippen LogP contribution in [0.1, 0.15) is 5.69 Å². The number of fused-ring (bicyclic) bond motifs is 2. The number of aromatic nitrogens is 1. The summed E-state index contributed by atoms with van der Waals surface area (Å²) < 4.78 is 0. The van der Waals surface area contributed by atoms with Gasteiger partial charge in [0.15, 0.2) is 0 Å². The number of para-hydroxylation sites is 3. The van der Waals surface area contributed by atoms with Gasteiger partial charge in [-0.25, -0.2) is 4.98 Å². The van der Waals surface area contributed by atoms with Crippen molar-refractivity contribution < 1.29 is 0 Å². The first-order valence-electron chi connectivity index (χ1n) is 11.0. The predicted octanol–water partition coefficient (Wildman–Crippen LogP) is 8.22. The average Bonchev–Trinajstić information content (AvgIpc) is 2.91. The van der Waals surface area contributed by atoms with Gasteiger partial charge in [-0.05, 0) is 53.6 Å². The Balaban J connectivity index is 1.61. The fourth-order valence-corrected chi connectivity index (χ4v) is 5.58. The summed E-state index contributed by atoms with van der Waals surface area (Å²) in [5.74, 6) is 0. The zero-order chi connectivity index (χ0) is 22.9. The molecule has 0 aliphatic carbocycles. The molecular formula is C30H19N3S. The van der Waals surface area contributed by atoms with Gasteiger partial charge in [0.25, 0.3) is 0 Å². The Bertz CT molecular complexity index is 1520. The Kier molecular flexibility index (Phi) is 5.10. The molecule has 1 aliphatic rings. The molecule has 0 bridgehead atoms. The van der Waals surface area contributed by atoms with Crippen molar-refractivity contribution in [3.8, 4) is 28.3 Å². The van der Waals surface area contributed by atoms with Gasteiger partial charge in [-0.15, -0.1) is 0 Å². The van der Waals surface area contributed by atoms with Gasteiger partial charge in [0.1, 0.15) is 11.8 Å². The predicted molar refractivity (Wildman–Crippen MR) is 139 cm³/mol. The van der Waals surface area contributed by atoms with Crippen molar-refractivity contribution in [2.45, 2.75) is 9.79 Å². The van der Waals surface area contributed by atoms with Crippen LogP contribution in [-0.2, 0) is 0 Å². The minimum Gasteiger partial charge on any atom is -0.308 e. The highest BCUT2D eigenvalue weighted by molar-refractivity contribution is 7.99. The van der Waals surface area contributed by atoms with Crippen LogP contribution in [0, 0.1) is 11.3 Å². The van der Waals surface area contributed by atoms with Gasteiger partial charge in [0.2, 0.25) is 0 Å².